The second-order valence-corrected chi connectivity index (χ2v) is 6.95. The van der Waals surface area contributed by atoms with E-state index in [1.165, 1.54) is 29.2 Å². The van der Waals surface area contributed by atoms with Gasteiger partial charge in [-0.05, 0) is 49.4 Å². The summed E-state index contributed by atoms with van der Waals surface area (Å²) in [6.45, 7) is 1.41. The van der Waals surface area contributed by atoms with Gasteiger partial charge in [-0.3, -0.25) is 14.4 Å². The van der Waals surface area contributed by atoms with E-state index in [1.807, 2.05) is 0 Å². The number of hydrogen-bond acceptors (Lipinski definition) is 4. The molecule has 0 aromatic heterocycles. The maximum Gasteiger partial charge on any atom is 0.308 e. The molecular formula is C19H23FN2O5. The molecule has 2 heterocycles. The second-order valence-electron chi connectivity index (χ2n) is 6.95. The van der Waals surface area contributed by atoms with Gasteiger partial charge < -0.3 is 20.1 Å². The lowest BCUT2D eigenvalue weighted by atomic mass is 9.86. The Morgan fingerprint density at radius 2 is 1.89 bits per heavy atom. The summed E-state index contributed by atoms with van der Waals surface area (Å²) in [5.41, 5.74) is 0.544. The quantitative estimate of drug-likeness (QED) is 0.730. The number of anilines is 1. The van der Waals surface area contributed by atoms with Crippen molar-refractivity contribution in [3.63, 3.8) is 0 Å². The average Bonchev–Trinajstić information content (AvgIpc) is 3.04. The molecule has 2 aliphatic heterocycles. The summed E-state index contributed by atoms with van der Waals surface area (Å²) >= 11 is 0. The van der Waals surface area contributed by atoms with E-state index in [1.54, 1.807) is 0 Å². The minimum absolute atomic E-state index is 0.000832. The predicted octanol–water partition coefficient (Wildman–Crippen LogP) is 1.42. The number of rotatable bonds is 6. The molecule has 0 spiro atoms. The fourth-order valence-electron chi connectivity index (χ4n) is 3.71. The van der Waals surface area contributed by atoms with Crippen LogP contribution in [0.15, 0.2) is 24.3 Å². The number of amides is 2. The third-order valence-electron chi connectivity index (χ3n) is 5.31. The van der Waals surface area contributed by atoms with E-state index in [4.69, 9.17) is 4.74 Å². The van der Waals surface area contributed by atoms with Gasteiger partial charge in [0, 0.05) is 32.0 Å². The standard InChI is InChI=1S/C19H23FN2O5/c20-13-1-3-14(4-2-13)22-8-5-15(18(22)24)17(23)21-11-16(19(25)26)12-6-9-27-10-7-12/h1-4,12,15-16H,5-11H2,(H,21,23)(H,25,26). The molecular weight excluding hydrogens is 355 g/mol. The molecule has 2 saturated heterocycles. The third-order valence-corrected chi connectivity index (χ3v) is 5.31. The van der Waals surface area contributed by atoms with Crippen LogP contribution in [-0.4, -0.2) is 49.2 Å². The van der Waals surface area contributed by atoms with Gasteiger partial charge in [-0.15, -0.1) is 0 Å². The van der Waals surface area contributed by atoms with Crippen molar-refractivity contribution in [1.29, 1.82) is 0 Å². The van der Waals surface area contributed by atoms with Crippen molar-refractivity contribution in [2.75, 3.05) is 31.2 Å². The highest BCUT2D eigenvalue weighted by Gasteiger charge is 2.38. The highest BCUT2D eigenvalue weighted by Crippen LogP contribution is 2.27. The number of hydrogen-bond donors (Lipinski definition) is 2. The fourth-order valence-corrected chi connectivity index (χ4v) is 3.71. The molecule has 2 aliphatic rings. The molecule has 27 heavy (non-hydrogen) atoms. The van der Waals surface area contributed by atoms with E-state index in [-0.39, 0.29) is 18.4 Å². The molecule has 2 amide bonds. The molecule has 146 valence electrons. The van der Waals surface area contributed by atoms with E-state index in [2.05, 4.69) is 5.32 Å². The van der Waals surface area contributed by atoms with Crippen molar-refractivity contribution in [3.8, 4) is 0 Å². The number of ether oxygens (including phenoxy) is 1. The van der Waals surface area contributed by atoms with Crippen LogP contribution in [0, 0.1) is 23.6 Å². The summed E-state index contributed by atoms with van der Waals surface area (Å²) in [6, 6.07) is 5.53. The van der Waals surface area contributed by atoms with Crippen molar-refractivity contribution in [3.05, 3.63) is 30.1 Å². The Kier molecular flexibility index (Phi) is 6.05. The number of carbonyl (C=O) groups is 3. The van der Waals surface area contributed by atoms with E-state index in [9.17, 15) is 23.9 Å². The van der Waals surface area contributed by atoms with Gasteiger partial charge in [0.25, 0.3) is 0 Å². The van der Waals surface area contributed by atoms with Gasteiger partial charge in [0.15, 0.2) is 0 Å². The summed E-state index contributed by atoms with van der Waals surface area (Å²) in [5.74, 6) is -3.74. The molecule has 2 fully saturated rings. The molecule has 2 atom stereocenters. The number of nitrogens with zero attached hydrogens (tertiary/aromatic N) is 1. The first-order valence-electron chi connectivity index (χ1n) is 9.12. The Labute approximate surface area is 156 Å². The molecule has 7 nitrogen and oxygen atoms in total. The van der Waals surface area contributed by atoms with Crippen LogP contribution < -0.4 is 10.2 Å². The number of carboxylic acids is 1. The van der Waals surface area contributed by atoms with Gasteiger partial charge in [-0.2, -0.15) is 0 Å². The highest BCUT2D eigenvalue weighted by atomic mass is 19.1. The van der Waals surface area contributed by atoms with E-state index >= 15 is 0 Å². The summed E-state index contributed by atoms with van der Waals surface area (Å²) in [4.78, 5) is 38.0. The summed E-state index contributed by atoms with van der Waals surface area (Å²) < 4.78 is 18.3. The lowest BCUT2D eigenvalue weighted by molar-refractivity contribution is -0.145. The van der Waals surface area contributed by atoms with Gasteiger partial charge in [-0.25, -0.2) is 4.39 Å². The van der Waals surface area contributed by atoms with E-state index in [0.717, 1.165) is 0 Å². The molecule has 1 aromatic carbocycles. The smallest absolute Gasteiger partial charge is 0.308 e. The number of nitrogens with one attached hydrogen (secondary N) is 1. The number of halogens is 1. The molecule has 8 heteroatoms. The Hall–Kier alpha value is -2.48. The Morgan fingerprint density at radius 3 is 2.52 bits per heavy atom. The number of carboxylic acid groups (broad SMARTS) is 1. The first-order chi connectivity index (χ1) is 13.0. The van der Waals surface area contributed by atoms with Crippen molar-refractivity contribution >= 4 is 23.5 Å². The van der Waals surface area contributed by atoms with Crippen LogP contribution in [0.3, 0.4) is 0 Å². The third kappa shape index (κ3) is 4.44. The number of benzene rings is 1. The van der Waals surface area contributed by atoms with Crippen molar-refractivity contribution in [2.45, 2.75) is 19.3 Å². The molecule has 1 aromatic rings. The largest absolute Gasteiger partial charge is 0.481 e. The first kappa shape index (κ1) is 19.3. The molecule has 2 unspecified atom stereocenters. The molecule has 0 bridgehead atoms. The van der Waals surface area contributed by atoms with Gasteiger partial charge in [0.2, 0.25) is 11.8 Å². The summed E-state index contributed by atoms with van der Waals surface area (Å²) in [6.07, 6.45) is 1.64. The molecule has 0 radical (unpaired) electrons. The Balaban J connectivity index is 1.58. The number of carbonyl (C=O) groups excluding carboxylic acids is 2. The zero-order valence-electron chi connectivity index (χ0n) is 14.9. The Morgan fingerprint density at radius 1 is 1.22 bits per heavy atom. The van der Waals surface area contributed by atoms with Crippen LogP contribution in [0.5, 0.6) is 0 Å². The normalized spacial score (nSPS) is 21.9. The second kappa shape index (κ2) is 8.47. The zero-order chi connectivity index (χ0) is 19.4. The molecule has 0 aliphatic carbocycles. The van der Waals surface area contributed by atoms with Crippen LogP contribution >= 0.6 is 0 Å². The molecule has 3 rings (SSSR count). The van der Waals surface area contributed by atoms with Crippen molar-refractivity contribution < 1.29 is 28.6 Å². The monoisotopic (exact) mass is 378 g/mol. The average molecular weight is 378 g/mol. The van der Waals surface area contributed by atoms with Gasteiger partial charge >= 0.3 is 5.97 Å². The van der Waals surface area contributed by atoms with Crippen LogP contribution in [0.2, 0.25) is 0 Å². The van der Waals surface area contributed by atoms with Gasteiger partial charge in [0.1, 0.15) is 11.7 Å². The lowest BCUT2D eigenvalue weighted by Crippen LogP contribution is -2.42. The minimum Gasteiger partial charge on any atom is -0.481 e. The summed E-state index contributed by atoms with van der Waals surface area (Å²) in [5, 5.41) is 12.1. The van der Waals surface area contributed by atoms with Crippen LogP contribution in [0.25, 0.3) is 0 Å². The van der Waals surface area contributed by atoms with Gasteiger partial charge in [0.05, 0.1) is 5.92 Å². The maximum absolute atomic E-state index is 13.0. The van der Waals surface area contributed by atoms with Gasteiger partial charge in [-0.1, -0.05) is 0 Å². The minimum atomic E-state index is -0.951. The van der Waals surface area contributed by atoms with Crippen LogP contribution in [0.1, 0.15) is 19.3 Å². The van der Waals surface area contributed by atoms with E-state index in [0.29, 0.717) is 44.7 Å². The summed E-state index contributed by atoms with van der Waals surface area (Å²) in [7, 11) is 0. The fraction of sp³-hybridized carbons (Fsp3) is 0.526. The van der Waals surface area contributed by atoms with E-state index < -0.39 is 29.5 Å². The predicted molar refractivity (Wildman–Crippen MR) is 94.5 cm³/mol. The highest BCUT2D eigenvalue weighted by molar-refractivity contribution is 6.09. The van der Waals surface area contributed by atoms with Crippen molar-refractivity contribution in [1.82, 2.24) is 5.32 Å². The molecule has 2 N–H and O–H groups in total. The van der Waals surface area contributed by atoms with Crippen molar-refractivity contribution in [2.24, 2.45) is 17.8 Å². The number of aliphatic carboxylic acids is 1. The van der Waals surface area contributed by atoms with Crippen LogP contribution in [-0.2, 0) is 19.1 Å². The topological polar surface area (TPSA) is 95.9 Å². The molecule has 0 saturated carbocycles. The van der Waals surface area contributed by atoms with Crippen LogP contribution in [0.4, 0.5) is 10.1 Å². The SMILES string of the molecule is O=C(NCC(C(=O)O)C1CCOCC1)C1CCN(c2ccc(F)cc2)C1=O. The first-order valence-corrected chi connectivity index (χ1v) is 9.12. The zero-order valence-corrected chi connectivity index (χ0v) is 14.9. The Bertz CT molecular complexity index is 703. The lowest BCUT2D eigenvalue weighted by Gasteiger charge is -2.28. The maximum atomic E-state index is 13.0.